The lowest BCUT2D eigenvalue weighted by Gasteiger charge is -2.14. The van der Waals surface area contributed by atoms with Gasteiger partial charge in [-0.15, -0.1) is 0 Å². The fourth-order valence-corrected chi connectivity index (χ4v) is 2.66. The first kappa shape index (κ1) is 19.9. The Morgan fingerprint density at radius 2 is 1.69 bits per heavy atom. The van der Waals surface area contributed by atoms with E-state index in [4.69, 9.17) is 37.4 Å². The Balaban J connectivity index is 1.97. The zero-order valence-electron chi connectivity index (χ0n) is 14.6. The zero-order chi connectivity index (χ0) is 19.1. The van der Waals surface area contributed by atoms with Gasteiger partial charge in [-0.3, -0.25) is 4.79 Å². The maximum Gasteiger partial charge on any atom is 0.251 e. The number of hydrogen-bond donors (Lipinski definition) is 2. The van der Waals surface area contributed by atoms with Gasteiger partial charge < -0.3 is 24.8 Å². The second-order valence-electron chi connectivity index (χ2n) is 5.08. The van der Waals surface area contributed by atoms with Crippen molar-refractivity contribution in [2.24, 2.45) is 0 Å². The Bertz CT molecular complexity index is 762. The molecule has 1 aromatic carbocycles. The first-order valence-corrected chi connectivity index (χ1v) is 8.38. The van der Waals surface area contributed by atoms with Gasteiger partial charge in [0.25, 0.3) is 5.91 Å². The molecule has 9 heteroatoms. The van der Waals surface area contributed by atoms with Crippen molar-refractivity contribution in [1.82, 2.24) is 10.3 Å². The van der Waals surface area contributed by atoms with Gasteiger partial charge in [-0.25, -0.2) is 4.98 Å². The molecular weight excluding hydrogens is 381 g/mol. The van der Waals surface area contributed by atoms with Crippen molar-refractivity contribution < 1.29 is 19.0 Å². The van der Waals surface area contributed by atoms with Crippen molar-refractivity contribution in [3.05, 3.63) is 40.0 Å². The standard InChI is InChI=1S/C17H19Cl2N3O4/c1-24-13-6-10(7-14(25-2)15(13)26-3)17(23)21-5-4-20-16-12(19)8-11(18)9-22-16/h6-9H,4-5H2,1-3H3,(H,20,22)(H,21,23). The van der Waals surface area contributed by atoms with E-state index in [0.717, 1.165) is 0 Å². The van der Waals surface area contributed by atoms with E-state index in [1.807, 2.05) is 0 Å². The Morgan fingerprint density at radius 3 is 2.23 bits per heavy atom. The summed E-state index contributed by atoms with van der Waals surface area (Å²) < 4.78 is 15.7. The molecule has 0 bridgehead atoms. The number of nitrogens with zero attached hydrogens (tertiary/aromatic N) is 1. The number of nitrogens with one attached hydrogen (secondary N) is 2. The second kappa shape index (κ2) is 9.35. The normalized spacial score (nSPS) is 10.2. The van der Waals surface area contributed by atoms with Crippen LogP contribution in [-0.2, 0) is 0 Å². The van der Waals surface area contributed by atoms with Gasteiger partial charge in [0.1, 0.15) is 5.82 Å². The minimum absolute atomic E-state index is 0.277. The van der Waals surface area contributed by atoms with Crippen molar-refractivity contribution in [2.45, 2.75) is 0 Å². The summed E-state index contributed by atoms with van der Waals surface area (Å²) in [7, 11) is 4.49. The van der Waals surface area contributed by atoms with Crippen LogP contribution in [0.25, 0.3) is 0 Å². The van der Waals surface area contributed by atoms with E-state index in [9.17, 15) is 4.79 Å². The average Bonchev–Trinajstić information content (AvgIpc) is 2.64. The molecule has 0 atom stereocenters. The van der Waals surface area contributed by atoms with E-state index in [2.05, 4.69) is 15.6 Å². The molecule has 7 nitrogen and oxygen atoms in total. The summed E-state index contributed by atoms with van der Waals surface area (Å²) in [5.41, 5.74) is 0.391. The minimum atomic E-state index is -0.277. The molecule has 1 amide bonds. The van der Waals surface area contributed by atoms with Gasteiger partial charge in [0.2, 0.25) is 5.75 Å². The number of benzene rings is 1. The first-order valence-electron chi connectivity index (χ1n) is 7.63. The van der Waals surface area contributed by atoms with Gasteiger partial charge in [0.15, 0.2) is 11.5 Å². The highest BCUT2D eigenvalue weighted by Gasteiger charge is 2.16. The molecule has 140 valence electrons. The van der Waals surface area contributed by atoms with Crippen LogP contribution in [0, 0.1) is 0 Å². The Kier molecular flexibility index (Phi) is 7.17. The van der Waals surface area contributed by atoms with Gasteiger partial charge in [0, 0.05) is 24.8 Å². The van der Waals surface area contributed by atoms with Crippen LogP contribution in [-0.4, -0.2) is 45.3 Å². The molecule has 0 saturated carbocycles. The third-order valence-corrected chi connectivity index (χ3v) is 3.93. The number of rotatable bonds is 8. The van der Waals surface area contributed by atoms with Crippen LogP contribution in [0.2, 0.25) is 10.0 Å². The summed E-state index contributed by atoms with van der Waals surface area (Å²) >= 11 is 11.8. The monoisotopic (exact) mass is 399 g/mol. The Morgan fingerprint density at radius 1 is 1.04 bits per heavy atom. The highest BCUT2D eigenvalue weighted by molar-refractivity contribution is 6.35. The smallest absolute Gasteiger partial charge is 0.251 e. The third-order valence-electron chi connectivity index (χ3n) is 3.44. The predicted octanol–water partition coefficient (Wildman–Crippen LogP) is 3.26. The lowest BCUT2D eigenvalue weighted by atomic mass is 10.1. The molecule has 2 N–H and O–H groups in total. The number of anilines is 1. The minimum Gasteiger partial charge on any atom is -0.493 e. The van der Waals surface area contributed by atoms with Crippen LogP contribution in [0.5, 0.6) is 17.2 Å². The zero-order valence-corrected chi connectivity index (χ0v) is 16.1. The number of pyridine rings is 1. The van der Waals surface area contributed by atoms with Crippen molar-refractivity contribution in [1.29, 1.82) is 0 Å². The molecule has 0 unspecified atom stereocenters. The number of halogens is 2. The molecule has 0 radical (unpaired) electrons. The van der Waals surface area contributed by atoms with Gasteiger partial charge in [-0.1, -0.05) is 23.2 Å². The van der Waals surface area contributed by atoms with Crippen molar-refractivity contribution in [2.75, 3.05) is 39.7 Å². The third kappa shape index (κ3) is 4.83. The molecule has 1 aromatic heterocycles. The number of hydrogen-bond acceptors (Lipinski definition) is 6. The van der Waals surface area contributed by atoms with E-state index < -0.39 is 0 Å². The van der Waals surface area contributed by atoms with Crippen LogP contribution < -0.4 is 24.8 Å². The van der Waals surface area contributed by atoms with Gasteiger partial charge in [-0.2, -0.15) is 0 Å². The van der Waals surface area contributed by atoms with Crippen molar-refractivity contribution in [3.63, 3.8) is 0 Å². The van der Waals surface area contributed by atoms with Crippen LogP contribution in [0.3, 0.4) is 0 Å². The summed E-state index contributed by atoms with van der Waals surface area (Å²) in [6.07, 6.45) is 1.49. The number of aromatic nitrogens is 1. The number of carbonyl (C=O) groups excluding carboxylic acids is 1. The molecule has 2 aromatic rings. The molecule has 2 rings (SSSR count). The maximum atomic E-state index is 12.4. The Labute approximate surface area is 161 Å². The number of carbonyl (C=O) groups is 1. The molecule has 26 heavy (non-hydrogen) atoms. The number of ether oxygens (including phenoxy) is 3. The Hall–Kier alpha value is -2.38. The van der Waals surface area contributed by atoms with Gasteiger partial charge in [0.05, 0.1) is 31.4 Å². The average molecular weight is 400 g/mol. The SMILES string of the molecule is COc1cc(C(=O)NCCNc2ncc(Cl)cc2Cl)cc(OC)c1OC. The summed E-state index contributed by atoms with van der Waals surface area (Å²) in [5.74, 6) is 1.47. The number of methoxy groups -OCH3 is 3. The molecule has 0 aliphatic heterocycles. The summed E-state index contributed by atoms with van der Waals surface area (Å²) in [4.78, 5) is 16.4. The van der Waals surface area contributed by atoms with Gasteiger partial charge in [-0.05, 0) is 18.2 Å². The molecular formula is C17H19Cl2N3O4. The molecule has 0 aliphatic rings. The molecule has 0 spiro atoms. The second-order valence-corrected chi connectivity index (χ2v) is 5.92. The van der Waals surface area contributed by atoms with Crippen molar-refractivity contribution >= 4 is 34.9 Å². The largest absolute Gasteiger partial charge is 0.493 e. The van der Waals surface area contributed by atoms with Crippen LogP contribution in [0.15, 0.2) is 24.4 Å². The fourth-order valence-electron chi connectivity index (χ4n) is 2.22. The quantitative estimate of drug-likeness (QED) is 0.662. The van der Waals surface area contributed by atoms with Crippen LogP contribution in [0.1, 0.15) is 10.4 Å². The van der Waals surface area contributed by atoms with E-state index >= 15 is 0 Å². The summed E-state index contributed by atoms with van der Waals surface area (Å²) in [6.45, 7) is 0.792. The number of amides is 1. The highest BCUT2D eigenvalue weighted by atomic mass is 35.5. The van der Waals surface area contributed by atoms with Crippen molar-refractivity contribution in [3.8, 4) is 17.2 Å². The van der Waals surface area contributed by atoms with E-state index in [1.54, 1.807) is 18.2 Å². The van der Waals surface area contributed by atoms with E-state index in [1.165, 1.54) is 27.5 Å². The lowest BCUT2D eigenvalue weighted by molar-refractivity contribution is 0.0954. The van der Waals surface area contributed by atoms with E-state index in [-0.39, 0.29) is 5.91 Å². The molecule has 0 aliphatic carbocycles. The fraction of sp³-hybridized carbons (Fsp3) is 0.294. The topological polar surface area (TPSA) is 81.7 Å². The summed E-state index contributed by atoms with van der Waals surface area (Å²) in [6, 6.07) is 4.76. The molecule has 0 fully saturated rings. The highest BCUT2D eigenvalue weighted by Crippen LogP contribution is 2.38. The lowest BCUT2D eigenvalue weighted by Crippen LogP contribution is -2.29. The predicted molar refractivity (Wildman–Crippen MR) is 101 cm³/mol. The van der Waals surface area contributed by atoms with E-state index in [0.29, 0.717) is 51.8 Å². The van der Waals surface area contributed by atoms with Gasteiger partial charge >= 0.3 is 0 Å². The molecule has 1 heterocycles. The van der Waals surface area contributed by atoms with Crippen LogP contribution in [0.4, 0.5) is 5.82 Å². The summed E-state index contributed by atoms with van der Waals surface area (Å²) in [5, 5.41) is 6.68. The van der Waals surface area contributed by atoms with Crippen LogP contribution >= 0.6 is 23.2 Å². The maximum absolute atomic E-state index is 12.4. The molecule has 0 saturated heterocycles. The first-order chi connectivity index (χ1) is 12.5.